The number of methoxy groups -OCH3 is 1. The van der Waals surface area contributed by atoms with Gasteiger partial charge in [0.1, 0.15) is 17.6 Å². The van der Waals surface area contributed by atoms with E-state index in [2.05, 4.69) is 9.89 Å². The summed E-state index contributed by atoms with van der Waals surface area (Å²) < 4.78 is 5.48. The van der Waals surface area contributed by atoms with Gasteiger partial charge in [-0.05, 0) is 31.2 Å². The SMILES string of the molecule is COc1ccccc1N1CCN(C(=O)CSC2=Nc3ccccc3C3=NC(=O)C(C)N23)CC1. The molecule has 9 heteroatoms. The Balaban J connectivity index is 1.24. The van der Waals surface area contributed by atoms with Crippen LogP contribution in [0.3, 0.4) is 0 Å². The minimum atomic E-state index is -0.417. The second-order valence-corrected chi connectivity index (χ2v) is 9.00. The van der Waals surface area contributed by atoms with E-state index in [9.17, 15) is 9.59 Å². The van der Waals surface area contributed by atoms with Gasteiger partial charge in [-0.2, -0.15) is 4.99 Å². The third kappa shape index (κ3) is 3.97. The van der Waals surface area contributed by atoms with E-state index in [-0.39, 0.29) is 17.6 Å². The third-order valence-electron chi connectivity index (χ3n) is 6.14. The molecule has 5 rings (SSSR count). The van der Waals surface area contributed by atoms with Crippen molar-refractivity contribution in [3.05, 3.63) is 54.1 Å². The molecule has 1 atom stereocenters. The van der Waals surface area contributed by atoms with Crippen molar-refractivity contribution in [3.63, 3.8) is 0 Å². The normalized spacial score (nSPS) is 19.6. The van der Waals surface area contributed by atoms with E-state index in [0.29, 0.717) is 24.1 Å². The smallest absolute Gasteiger partial charge is 0.270 e. The molecule has 0 bridgehead atoms. The van der Waals surface area contributed by atoms with Crippen molar-refractivity contribution >= 4 is 46.0 Å². The largest absolute Gasteiger partial charge is 0.495 e. The maximum atomic E-state index is 13.0. The number of carbonyl (C=O) groups excluding carboxylic acids is 2. The van der Waals surface area contributed by atoms with Gasteiger partial charge in [-0.15, -0.1) is 0 Å². The summed E-state index contributed by atoms with van der Waals surface area (Å²) in [6, 6.07) is 15.2. The predicted octanol–water partition coefficient (Wildman–Crippen LogP) is 2.76. The molecule has 1 saturated heterocycles. The van der Waals surface area contributed by atoms with E-state index >= 15 is 0 Å². The van der Waals surface area contributed by atoms with Crippen molar-refractivity contribution in [3.8, 4) is 5.75 Å². The lowest BCUT2D eigenvalue weighted by atomic mass is 10.1. The standard InChI is InChI=1S/C24H25N5O3S/c1-16-23(31)26-22-17-7-3-4-8-18(17)25-24(29(16)22)33-15-21(30)28-13-11-27(12-14-28)19-9-5-6-10-20(19)32-2/h3-10,16H,11-15H2,1-2H3. The molecular formula is C24H25N5O3S. The lowest BCUT2D eigenvalue weighted by Crippen LogP contribution is -2.49. The Morgan fingerprint density at radius 2 is 1.79 bits per heavy atom. The Morgan fingerprint density at radius 3 is 2.58 bits per heavy atom. The van der Waals surface area contributed by atoms with Gasteiger partial charge in [0.05, 0.1) is 24.2 Å². The Labute approximate surface area is 196 Å². The van der Waals surface area contributed by atoms with Crippen molar-refractivity contribution in [1.29, 1.82) is 0 Å². The maximum absolute atomic E-state index is 13.0. The van der Waals surface area contributed by atoms with E-state index in [0.717, 1.165) is 35.8 Å². The Hall–Kier alpha value is -3.33. The number of piperazine rings is 1. The molecule has 0 radical (unpaired) electrons. The average Bonchev–Trinajstić information content (AvgIpc) is 3.17. The molecular weight excluding hydrogens is 438 g/mol. The number of amidine groups is 2. The van der Waals surface area contributed by atoms with Crippen LogP contribution in [0.15, 0.2) is 58.5 Å². The highest BCUT2D eigenvalue weighted by atomic mass is 32.2. The zero-order valence-corrected chi connectivity index (χ0v) is 19.4. The predicted molar refractivity (Wildman–Crippen MR) is 131 cm³/mol. The zero-order valence-electron chi connectivity index (χ0n) is 18.6. The van der Waals surface area contributed by atoms with E-state index in [1.54, 1.807) is 7.11 Å². The molecule has 33 heavy (non-hydrogen) atoms. The number of ether oxygens (including phenoxy) is 1. The summed E-state index contributed by atoms with van der Waals surface area (Å²) in [6.07, 6.45) is 0. The second kappa shape index (κ2) is 8.90. The molecule has 0 spiro atoms. The Kier molecular flexibility index (Phi) is 5.80. The fourth-order valence-corrected chi connectivity index (χ4v) is 5.30. The summed E-state index contributed by atoms with van der Waals surface area (Å²) in [5.41, 5.74) is 2.67. The van der Waals surface area contributed by atoms with Crippen LogP contribution in [-0.2, 0) is 9.59 Å². The van der Waals surface area contributed by atoms with Gasteiger partial charge < -0.3 is 14.5 Å². The number of hydrogen-bond donors (Lipinski definition) is 0. The molecule has 1 unspecified atom stereocenters. The second-order valence-electron chi connectivity index (χ2n) is 8.06. The quantitative estimate of drug-likeness (QED) is 0.694. The monoisotopic (exact) mass is 463 g/mol. The fourth-order valence-electron chi connectivity index (χ4n) is 4.32. The van der Waals surface area contributed by atoms with Gasteiger partial charge in [0.25, 0.3) is 5.91 Å². The summed E-state index contributed by atoms with van der Waals surface area (Å²) in [5, 5.41) is 0.645. The van der Waals surface area contributed by atoms with Crippen molar-refractivity contribution in [2.24, 2.45) is 9.98 Å². The van der Waals surface area contributed by atoms with Gasteiger partial charge in [-0.1, -0.05) is 36.0 Å². The van der Waals surface area contributed by atoms with Crippen molar-refractivity contribution in [1.82, 2.24) is 9.80 Å². The molecule has 1 fully saturated rings. The molecule has 2 aromatic carbocycles. The van der Waals surface area contributed by atoms with Crippen LogP contribution in [0.25, 0.3) is 0 Å². The van der Waals surface area contributed by atoms with Gasteiger partial charge in [0.2, 0.25) is 5.91 Å². The highest BCUT2D eigenvalue weighted by Gasteiger charge is 2.39. The number of hydrogen-bond acceptors (Lipinski definition) is 7. The van der Waals surface area contributed by atoms with Crippen LogP contribution in [0, 0.1) is 0 Å². The highest BCUT2D eigenvalue weighted by molar-refractivity contribution is 8.14. The summed E-state index contributed by atoms with van der Waals surface area (Å²) in [6.45, 7) is 4.62. The minimum absolute atomic E-state index is 0.0675. The zero-order chi connectivity index (χ0) is 22.9. The summed E-state index contributed by atoms with van der Waals surface area (Å²) in [4.78, 5) is 40.3. The fraction of sp³-hybridized carbons (Fsp3) is 0.333. The number of carbonyl (C=O) groups is 2. The first kappa shape index (κ1) is 21.5. The van der Waals surface area contributed by atoms with Crippen LogP contribution < -0.4 is 9.64 Å². The number of anilines is 1. The number of amides is 2. The van der Waals surface area contributed by atoms with Gasteiger partial charge in [0, 0.05) is 31.7 Å². The number of para-hydroxylation sites is 3. The highest BCUT2D eigenvalue weighted by Crippen LogP contribution is 2.34. The number of fused-ring (bicyclic) bond motifs is 3. The van der Waals surface area contributed by atoms with Gasteiger partial charge >= 0.3 is 0 Å². The lowest BCUT2D eigenvalue weighted by Gasteiger charge is -2.36. The number of aliphatic imine (C=N–C) groups is 2. The summed E-state index contributed by atoms with van der Waals surface area (Å²) in [7, 11) is 1.67. The van der Waals surface area contributed by atoms with Crippen molar-refractivity contribution < 1.29 is 14.3 Å². The topological polar surface area (TPSA) is 77.8 Å². The first-order valence-corrected chi connectivity index (χ1v) is 11.9. The number of rotatable bonds is 4. The van der Waals surface area contributed by atoms with Gasteiger partial charge in [0.15, 0.2) is 5.17 Å². The minimum Gasteiger partial charge on any atom is -0.495 e. The molecule has 0 aromatic heterocycles. The van der Waals surface area contributed by atoms with E-state index in [1.165, 1.54) is 11.8 Å². The lowest BCUT2D eigenvalue weighted by molar-refractivity contribution is -0.128. The Bertz CT molecular complexity index is 1160. The van der Waals surface area contributed by atoms with Crippen molar-refractivity contribution in [2.75, 3.05) is 43.9 Å². The van der Waals surface area contributed by atoms with Gasteiger partial charge in [-0.3, -0.25) is 14.5 Å². The molecule has 0 saturated carbocycles. The number of thioether (sulfide) groups is 1. The van der Waals surface area contributed by atoms with Gasteiger partial charge in [-0.25, -0.2) is 4.99 Å². The molecule has 3 aliphatic rings. The first-order chi connectivity index (χ1) is 16.1. The maximum Gasteiger partial charge on any atom is 0.270 e. The van der Waals surface area contributed by atoms with Crippen LogP contribution in [-0.4, -0.2) is 77.7 Å². The molecule has 0 aliphatic carbocycles. The summed E-state index contributed by atoms with van der Waals surface area (Å²) in [5.74, 6) is 1.61. The molecule has 3 aliphatic heterocycles. The van der Waals surface area contributed by atoms with E-state index in [4.69, 9.17) is 9.73 Å². The summed E-state index contributed by atoms with van der Waals surface area (Å²) >= 11 is 1.37. The van der Waals surface area contributed by atoms with Crippen LogP contribution >= 0.6 is 11.8 Å². The molecule has 0 N–H and O–H groups in total. The first-order valence-electron chi connectivity index (χ1n) is 10.9. The molecule has 3 heterocycles. The third-order valence-corrected chi connectivity index (χ3v) is 7.08. The van der Waals surface area contributed by atoms with E-state index < -0.39 is 6.04 Å². The molecule has 2 amide bonds. The van der Waals surface area contributed by atoms with Crippen LogP contribution in [0.4, 0.5) is 11.4 Å². The van der Waals surface area contributed by atoms with Crippen LogP contribution in [0.2, 0.25) is 0 Å². The van der Waals surface area contributed by atoms with Crippen molar-refractivity contribution in [2.45, 2.75) is 13.0 Å². The number of nitrogens with zero attached hydrogens (tertiary/aromatic N) is 5. The molecule has 170 valence electrons. The average molecular weight is 464 g/mol. The van der Waals surface area contributed by atoms with Crippen LogP contribution in [0.5, 0.6) is 5.75 Å². The van der Waals surface area contributed by atoms with Crippen LogP contribution in [0.1, 0.15) is 12.5 Å². The number of benzene rings is 2. The molecule has 8 nitrogen and oxygen atoms in total. The molecule has 2 aromatic rings. The van der Waals surface area contributed by atoms with E-state index in [1.807, 2.05) is 65.3 Å². The Morgan fingerprint density at radius 1 is 1.06 bits per heavy atom.